The van der Waals surface area contributed by atoms with Gasteiger partial charge in [0, 0.05) is 18.4 Å². The molecule has 1 aromatic rings. The maximum Gasteiger partial charge on any atom is 0.303 e. The number of unbranched alkanes of at least 4 members (excludes halogenated alkanes) is 2. The van der Waals surface area contributed by atoms with E-state index in [0.717, 1.165) is 6.42 Å². The van der Waals surface area contributed by atoms with Crippen LogP contribution in [-0.4, -0.2) is 16.9 Å². The van der Waals surface area contributed by atoms with Crippen molar-refractivity contribution in [3.63, 3.8) is 0 Å². The summed E-state index contributed by atoms with van der Waals surface area (Å²) in [6, 6.07) is 5.46. The number of carboxylic acids is 1. The highest BCUT2D eigenvalue weighted by Crippen LogP contribution is 2.10. The average molecular weight is 237 g/mol. The van der Waals surface area contributed by atoms with Gasteiger partial charge in [-0.15, -0.1) is 0 Å². The van der Waals surface area contributed by atoms with Crippen LogP contribution in [0, 0.1) is 5.82 Å². The topological polar surface area (TPSA) is 54.4 Å². The molecule has 0 atom stereocenters. The number of ketones is 1. The van der Waals surface area contributed by atoms with E-state index in [-0.39, 0.29) is 18.0 Å². The predicted molar refractivity (Wildman–Crippen MR) is 61.5 cm³/mol. The van der Waals surface area contributed by atoms with Crippen molar-refractivity contribution < 1.29 is 19.1 Å². The standard InChI is InChI=1S/C13H15FO3/c14-11-8-6-10(7-9-11)12(15)4-2-1-3-5-13(16)17/h6-9H,1-5H2,(H,16,17)/i14-1. The van der Waals surface area contributed by atoms with E-state index >= 15 is 0 Å². The number of benzene rings is 1. The molecule has 1 aromatic carbocycles. The van der Waals surface area contributed by atoms with E-state index in [2.05, 4.69) is 0 Å². The molecule has 1 rings (SSSR count). The van der Waals surface area contributed by atoms with Crippen molar-refractivity contribution in [2.45, 2.75) is 32.1 Å². The molecule has 92 valence electrons. The number of hydrogen-bond acceptors (Lipinski definition) is 2. The van der Waals surface area contributed by atoms with E-state index in [4.69, 9.17) is 5.11 Å². The van der Waals surface area contributed by atoms with Crippen LogP contribution < -0.4 is 0 Å². The summed E-state index contributed by atoms with van der Waals surface area (Å²) in [5.74, 6) is -1.20. The molecule has 3 nitrogen and oxygen atoms in total. The van der Waals surface area contributed by atoms with Crippen LogP contribution in [0.1, 0.15) is 42.5 Å². The zero-order valence-electron chi connectivity index (χ0n) is 9.49. The Labute approximate surface area is 99.3 Å². The van der Waals surface area contributed by atoms with Gasteiger partial charge in [0.1, 0.15) is 5.82 Å². The largest absolute Gasteiger partial charge is 0.481 e. The molecule has 17 heavy (non-hydrogen) atoms. The molecule has 0 amide bonds. The number of carboxylic acid groups (broad SMARTS) is 1. The second-order valence-electron chi connectivity index (χ2n) is 3.88. The third-order valence-electron chi connectivity index (χ3n) is 2.46. The molecule has 0 spiro atoms. The van der Waals surface area contributed by atoms with E-state index in [9.17, 15) is 14.0 Å². The third kappa shape index (κ3) is 5.24. The lowest BCUT2D eigenvalue weighted by molar-refractivity contribution is -0.137. The lowest BCUT2D eigenvalue weighted by Crippen LogP contribution is -1.99. The minimum absolute atomic E-state index is 0.0275. The number of Topliss-reactive ketones (excluding diaryl/α,β-unsaturated/α-hetero) is 1. The van der Waals surface area contributed by atoms with Gasteiger partial charge in [-0.25, -0.2) is 4.39 Å². The molecular weight excluding hydrogens is 222 g/mol. The van der Waals surface area contributed by atoms with Gasteiger partial charge in [0.2, 0.25) is 0 Å². The van der Waals surface area contributed by atoms with E-state index in [1.165, 1.54) is 24.3 Å². The maximum absolute atomic E-state index is 12.6. The van der Waals surface area contributed by atoms with Crippen LogP contribution in [0.3, 0.4) is 0 Å². The third-order valence-corrected chi connectivity index (χ3v) is 2.46. The first-order chi connectivity index (χ1) is 8.09. The van der Waals surface area contributed by atoms with Crippen LogP contribution in [-0.2, 0) is 4.79 Å². The molecule has 0 aliphatic rings. The minimum Gasteiger partial charge on any atom is -0.481 e. The van der Waals surface area contributed by atoms with Crippen LogP contribution in [0.25, 0.3) is 0 Å². The van der Waals surface area contributed by atoms with Crippen LogP contribution in [0.4, 0.5) is 4.39 Å². The van der Waals surface area contributed by atoms with Crippen LogP contribution >= 0.6 is 0 Å². The second kappa shape index (κ2) is 6.78. The fourth-order valence-electron chi connectivity index (χ4n) is 1.52. The predicted octanol–water partition coefficient (Wildman–Crippen LogP) is 3.04. The highest BCUT2D eigenvalue weighted by Gasteiger charge is 2.05. The molecule has 0 aliphatic carbocycles. The van der Waals surface area contributed by atoms with E-state index in [1.807, 2.05) is 0 Å². The number of carbonyl (C=O) groups excluding carboxylic acids is 1. The minimum atomic E-state index is -0.810. The quantitative estimate of drug-likeness (QED) is 0.585. The van der Waals surface area contributed by atoms with Crippen molar-refractivity contribution in [1.82, 2.24) is 0 Å². The lowest BCUT2D eigenvalue weighted by atomic mass is 10.0. The average Bonchev–Trinajstić information content (AvgIpc) is 2.29. The monoisotopic (exact) mass is 237 g/mol. The first kappa shape index (κ1) is 13.4. The summed E-state index contributed by atoms with van der Waals surface area (Å²) in [5.41, 5.74) is 0.504. The Morgan fingerprint density at radius 2 is 1.59 bits per heavy atom. The Morgan fingerprint density at radius 3 is 2.18 bits per heavy atom. The molecule has 1 N–H and O–H groups in total. The van der Waals surface area contributed by atoms with Crippen LogP contribution in [0.2, 0.25) is 0 Å². The highest BCUT2D eigenvalue weighted by atomic mass is 18.2. The molecule has 0 aromatic heterocycles. The Hall–Kier alpha value is -1.71. The molecule has 0 saturated carbocycles. The zero-order chi connectivity index (χ0) is 12.7. The van der Waals surface area contributed by atoms with Gasteiger partial charge >= 0.3 is 5.97 Å². The summed E-state index contributed by atoms with van der Waals surface area (Å²) in [6.45, 7) is 0. The van der Waals surface area contributed by atoms with Crippen molar-refractivity contribution in [3.8, 4) is 0 Å². The summed E-state index contributed by atoms with van der Waals surface area (Å²) < 4.78 is 12.6. The fraction of sp³-hybridized carbons (Fsp3) is 0.385. The number of aliphatic carboxylic acids is 1. The van der Waals surface area contributed by atoms with E-state index in [0.29, 0.717) is 24.8 Å². The van der Waals surface area contributed by atoms with Gasteiger partial charge in [-0.3, -0.25) is 9.59 Å². The van der Waals surface area contributed by atoms with Crippen molar-refractivity contribution >= 4 is 11.8 Å². The number of rotatable bonds is 7. The Balaban J connectivity index is 2.25. The summed E-state index contributed by atoms with van der Waals surface area (Å²) in [4.78, 5) is 21.9. The summed E-state index contributed by atoms with van der Waals surface area (Å²) in [7, 11) is 0. The molecule has 0 saturated heterocycles. The molecule has 0 heterocycles. The number of halogens is 1. The van der Waals surface area contributed by atoms with E-state index < -0.39 is 5.97 Å². The van der Waals surface area contributed by atoms with E-state index in [1.54, 1.807) is 0 Å². The van der Waals surface area contributed by atoms with Gasteiger partial charge in [-0.05, 0) is 37.1 Å². The first-order valence-corrected chi connectivity index (χ1v) is 5.60. The second-order valence-corrected chi connectivity index (χ2v) is 3.88. The van der Waals surface area contributed by atoms with Gasteiger partial charge in [-0.1, -0.05) is 6.42 Å². The molecule has 0 fully saturated rings. The summed E-state index contributed by atoms with van der Waals surface area (Å²) in [6.07, 6.45) is 2.50. The lowest BCUT2D eigenvalue weighted by Gasteiger charge is -2.00. The molecule has 0 bridgehead atoms. The highest BCUT2D eigenvalue weighted by molar-refractivity contribution is 5.95. The number of hydrogen-bond donors (Lipinski definition) is 1. The Kier molecular flexibility index (Phi) is 5.33. The van der Waals surface area contributed by atoms with Crippen molar-refractivity contribution in [2.75, 3.05) is 0 Å². The van der Waals surface area contributed by atoms with Crippen molar-refractivity contribution in [1.29, 1.82) is 0 Å². The molecule has 0 unspecified atom stereocenters. The van der Waals surface area contributed by atoms with Crippen LogP contribution in [0.15, 0.2) is 24.3 Å². The summed E-state index contributed by atoms with van der Waals surface area (Å²) >= 11 is 0. The normalized spacial score (nSPS) is 10.2. The van der Waals surface area contributed by atoms with Gasteiger partial charge < -0.3 is 5.11 Å². The first-order valence-electron chi connectivity index (χ1n) is 5.60. The van der Waals surface area contributed by atoms with Gasteiger partial charge in [0.15, 0.2) is 5.78 Å². The summed E-state index contributed by atoms with van der Waals surface area (Å²) in [5, 5.41) is 8.42. The van der Waals surface area contributed by atoms with Crippen molar-refractivity contribution in [2.24, 2.45) is 0 Å². The Morgan fingerprint density at radius 1 is 1.00 bits per heavy atom. The zero-order valence-corrected chi connectivity index (χ0v) is 9.49. The van der Waals surface area contributed by atoms with Gasteiger partial charge in [0.25, 0.3) is 0 Å². The fourth-order valence-corrected chi connectivity index (χ4v) is 1.52. The van der Waals surface area contributed by atoms with Crippen molar-refractivity contribution in [3.05, 3.63) is 35.6 Å². The molecule has 0 aliphatic heterocycles. The smallest absolute Gasteiger partial charge is 0.303 e. The maximum atomic E-state index is 12.6. The Bertz CT molecular complexity index is 384. The molecule has 0 radical (unpaired) electrons. The van der Waals surface area contributed by atoms with Crippen LogP contribution in [0.5, 0.6) is 0 Å². The van der Waals surface area contributed by atoms with Gasteiger partial charge in [-0.2, -0.15) is 0 Å². The SMILES string of the molecule is O=C(O)CCCCCC(=O)c1ccc([18F])cc1. The van der Waals surface area contributed by atoms with Gasteiger partial charge in [0.05, 0.1) is 0 Å². The molecular formula is C13H15FO3. The number of carbonyl (C=O) groups is 2. The molecule has 4 heteroatoms.